The first kappa shape index (κ1) is 18.3. The van der Waals surface area contributed by atoms with Gasteiger partial charge in [0.1, 0.15) is 11.4 Å². The average molecular weight is 348 g/mol. The Morgan fingerprint density at radius 3 is 2.54 bits per heavy atom. The second kappa shape index (κ2) is 8.17. The molecule has 1 aromatic heterocycles. The number of hydrogen-bond acceptors (Lipinski definition) is 4. The molecule has 6 heteroatoms. The predicted molar refractivity (Wildman–Crippen MR) is 96.3 cm³/mol. The standard InChI is InChI=1S/C18H24N2O3S/c1-13(2)23-15-8-6-14(7-9-15)11-19-17(21)20-12-18(3,22)16-5-4-10-24-16/h4-10,13,22H,11-12H2,1-3H3,(H2,19,20,21). The monoisotopic (exact) mass is 348 g/mol. The second-order valence-corrected chi connectivity index (χ2v) is 7.05. The van der Waals surface area contributed by atoms with Crippen molar-refractivity contribution in [2.75, 3.05) is 6.54 Å². The molecule has 0 bridgehead atoms. The first-order chi connectivity index (χ1) is 11.4. The zero-order valence-corrected chi connectivity index (χ0v) is 15.0. The largest absolute Gasteiger partial charge is 0.491 e. The van der Waals surface area contributed by atoms with Gasteiger partial charge in [-0.25, -0.2) is 4.79 Å². The average Bonchev–Trinajstić information content (AvgIpc) is 3.07. The maximum atomic E-state index is 11.9. The maximum Gasteiger partial charge on any atom is 0.315 e. The number of aliphatic hydroxyl groups is 1. The Hall–Kier alpha value is -2.05. The Bertz CT molecular complexity index is 637. The normalized spacial score (nSPS) is 13.4. The number of carbonyl (C=O) groups is 1. The minimum atomic E-state index is -1.07. The van der Waals surface area contributed by atoms with Crippen LogP contribution in [0.25, 0.3) is 0 Å². The van der Waals surface area contributed by atoms with Crippen LogP contribution in [0.2, 0.25) is 0 Å². The molecule has 0 aliphatic rings. The highest BCUT2D eigenvalue weighted by Gasteiger charge is 2.24. The summed E-state index contributed by atoms with van der Waals surface area (Å²) in [5.74, 6) is 0.810. The number of rotatable bonds is 7. The van der Waals surface area contributed by atoms with Crippen LogP contribution in [0.1, 0.15) is 31.2 Å². The van der Waals surface area contributed by atoms with E-state index in [-0.39, 0.29) is 18.7 Å². The summed E-state index contributed by atoms with van der Waals surface area (Å²) in [5.41, 5.74) is -0.0901. The van der Waals surface area contributed by atoms with Gasteiger partial charge in [-0.3, -0.25) is 0 Å². The molecule has 0 saturated carbocycles. The Balaban J connectivity index is 1.77. The lowest BCUT2D eigenvalue weighted by molar-refractivity contribution is 0.0631. The van der Waals surface area contributed by atoms with Crippen molar-refractivity contribution < 1.29 is 14.6 Å². The van der Waals surface area contributed by atoms with E-state index in [1.54, 1.807) is 6.92 Å². The van der Waals surface area contributed by atoms with Gasteiger partial charge in [0, 0.05) is 11.4 Å². The van der Waals surface area contributed by atoms with Gasteiger partial charge in [-0.1, -0.05) is 18.2 Å². The molecule has 0 radical (unpaired) electrons. The maximum absolute atomic E-state index is 11.9. The van der Waals surface area contributed by atoms with Crippen LogP contribution in [-0.2, 0) is 12.1 Å². The SMILES string of the molecule is CC(C)Oc1ccc(CNC(=O)NCC(C)(O)c2cccs2)cc1. The van der Waals surface area contributed by atoms with Crippen LogP contribution in [0.4, 0.5) is 4.79 Å². The van der Waals surface area contributed by atoms with Gasteiger partial charge in [-0.15, -0.1) is 11.3 Å². The van der Waals surface area contributed by atoms with Crippen molar-refractivity contribution in [2.45, 2.75) is 39.0 Å². The predicted octanol–water partition coefficient (Wildman–Crippen LogP) is 3.24. The summed E-state index contributed by atoms with van der Waals surface area (Å²) in [5, 5.41) is 17.7. The second-order valence-electron chi connectivity index (χ2n) is 6.10. The highest BCUT2D eigenvalue weighted by molar-refractivity contribution is 7.10. The molecule has 24 heavy (non-hydrogen) atoms. The Morgan fingerprint density at radius 2 is 1.96 bits per heavy atom. The van der Waals surface area contributed by atoms with Crippen molar-refractivity contribution >= 4 is 17.4 Å². The minimum absolute atomic E-state index is 0.135. The summed E-state index contributed by atoms with van der Waals surface area (Å²) in [6, 6.07) is 11.0. The van der Waals surface area contributed by atoms with Gasteiger partial charge >= 0.3 is 6.03 Å². The summed E-state index contributed by atoms with van der Waals surface area (Å²) in [4.78, 5) is 12.7. The van der Waals surface area contributed by atoms with Crippen molar-refractivity contribution in [3.63, 3.8) is 0 Å². The van der Waals surface area contributed by atoms with E-state index in [0.717, 1.165) is 16.2 Å². The summed E-state index contributed by atoms with van der Waals surface area (Å²) in [6.07, 6.45) is 0.135. The molecule has 1 heterocycles. The lowest BCUT2D eigenvalue weighted by Gasteiger charge is -2.22. The molecular weight excluding hydrogens is 324 g/mol. The molecule has 5 nitrogen and oxygen atoms in total. The summed E-state index contributed by atoms with van der Waals surface area (Å²) < 4.78 is 5.58. The smallest absolute Gasteiger partial charge is 0.315 e. The molecule has 0 aliphatic heterocycles. The van der Waals surface area contributed by atoms with Crippen molar-refractivity contribution in [1.82, 2.24) is 10.6 Å². The molecule has 1 unspecified atom stereocenters. The highest BCUT2D eigenvalue weighted by atomic mass is 32.1. The fourth-order valence-corrected chi connectivity index (χ4v) is 2.91. The van der Waals surface area contributed by atoms with Gasteiger partial charge in [0.15, 0.2) is 0 Å². The molecule has 0 fully saturated rings. The fraction of sp³-hybridized carbons (Fsp3) is 0.389. The van der Waals surface area contributed by atoms with Gasteiger partial charge in [-0.05, 0) is 49.9 Å². The van der Waals surface area contributed by atoms with E-state index in [1.807, 2.05) is 55.6 Å². The summed E-state index contributed by atoms with van der Waals surface area (Å²) in [7, 11) is 0. The highest BCUT2D eigenvalue weighted by Crippen LogP contribution is 2.24. The van der Waals surface area contributed by atoms with Crippen molar-refractivity contribution in [1.29, 1.82) is 0 Å². The van der Waals surface area contributed by atoms with Crippen molar-refractivity contribution in [3.8, 4) is 5.75 Å². The quantitative estimate of drug-likeness (QED) is 0.719. The number of ether oxygens (including phenoxy) is 1. The van der Waals surface area contributed by atoms with E-state index in [0.29, 0.717) is 6.54 Å². The van der Waals surface area contributed by atoms with Gasteiger partial charge < -0.3 is 20.5 Å². The van der Waals surface area contributed by atoms with Crippen LogP contribution < -0.4 is 15.4 Å². The van der Waals surface area contributed by atoms with Gasteiger partial charge in [0.2, 0.25) is 0 Å². The molecular formula is C18H24N2O3S. The molecule has 1 atom stereocenters. The topological polar surface area (TPSA) is 70.6 Å². The third kappa shape index (κ3) is 5.54. The molecule has 1 aromatic carbocycles. The number of urea groups is 1. The van der Waals surface area contributed by atoms with Crippen LogP contribution in [0.3, 0.4) is 0 Å². The Labute approximate surface area is 146 Å². The molecule has 130 valence electrons. The number of hydrogen-bond donors (Lipinski definition) is 3. The van der Waals surface area contributed by atoms with E-state index in [1.165, 1.54) is 11.3 Å². The van der Waals surface area contributed by atoms with E-state index >= 15 is 0 Å². The third-order valence-electron chi connectivity index (χ3n) is 3.39. The van der Waals surface area contributed by atoms with E-state index in [9.17, 15) is 9.90 Å². The third-order valence-corrected chi connectivity index (χ3v) is 4.52. The molecule has 2 amide bonds. The number of nitrogens with one attached hydrogen (secondary N) is 2. The summed E-state index contributed by atoms with van der Waals surface area (Å²) >= 11 is 1.46. The van der Waals surface area contributed by atoms with Crippen LogP contribution in [0.15, 0.2) is 41.8 Å². The van der Waals surface area contributed by atoms with E-state index < -0.39 is 5.60 Å². The molecule has 0 aliphatic carbocycles. The number of thiophene rings is 1. The van der Waals surface area contributed by atoms with Crippen molar-refractivity contribution in [2.24, 2.45) is 0 Å². The van der Waals surface area contributed by atoms with Crippen LogP contribution in [0, 0.1) is 0 Å². The lowest BCUT2D eigenvalue weighted by Crippen LogP contribution is -2.42. The molecule has 0 saturated heterocycles. The van der Waals surface area contributed by atoms with Crippen molar-refractivity contribution in [3.05, 3.63) is 52.2 Å². The first-order valence-corrected chi connectivity index (χ1v) is 8.78. The molecule has 2 aromatic rings. The van der Waals surface area contributed by atoms with Crippen LogP contribution in [0.5, 0.6) is 5.75 Å². The van der Waals surface area contributed by atoms with Crippen LogP contribution >= 0.6 is 11.3 Å². The van der Waals surface area contributed by atoms with Gasteiger partial charge in [0.05, 0.1) is 12.6 Å². The minimum Gasteiger partial charge on any atom is -0.491 e. The van der Waals surface area contributed by atoms with E-state index in [2.05, 4.69) is 10.6 Å². The fourth-order valence-electron chi connectivity index (χ4n) is 2.13. The van der Waals surface area contributed by atoms with Gasteiger partial charge in [0.25, 0.3) is 0 Å². The van der Waals surface area contributed by atoms with Crippen LogP contribution in [-0.4, -0.2) is 23.8 Å². The Kier molecular flexibility index (Phi) is 6.23. The first-order valence-electron chi connectivity index (χ1n) is 7.90. The number of benzene rings is 1. The molecule has 2 rings (SSSR count). The molecule has 3 N–H and O–H groups in total. The zero-order chi connectivity index (χ0) is 17.6. The zero-order valence-electron chi connectivity index (χ0n) is 14.2. The van der Waals surface area contributed by atoms with E-state index in [4.69, 9.17) is 4.74 Å². The molecule has 0 spiro atoms. The Morgan fingerprint density at radius 1 is 1.25 bits per heavy atom. The number of amides is 2. The number of carbonyl (C=O) groups excluding carboxylic acids is 1. The van der Waals surface area contributed by atoms with Gasteiger partial charge in [-0.2, -0.15) is 0 Å². The summed E-state index contributed by atoms with van der Waals surface area (Å²) in [6.45, 7) is 6.21. The lowest BCUT2D eigenvalue weighted by atomic mass is 10.1.